The van der Waals surface area contributed by atoms with E-state index in [0.29, 0.717) is 13.0 Å². The van der Waals surface area contributed by atoms with Crippen LogP contribution in [-0.2, 0) is 23.7 Å². The van der Waals surface area contributed by atoms with Crippen LogP contribution in [0, 0.1) is 0 Å². The molecular formula is C26H40N4O7. The Morgan fingerprint density at radius 1 is 1.16 bits per heavy atom. The standard InChI is InChI=1S/C26H40N4O7/c1-18(31)29-22-23(33)24-21(17-35-25(37-24)19-12-8-7-9-13-19)36-26(22)34-15-11-6-4-2-3-5-10-14-20(32)16-28-30-27/h7-9,12-13,20-26,32-33H,2-6,10-11,14-17H2,1H3,(H,29,31)/t20-,21+,22+,23+,24+,25+,26+/m0/s1. The summed E-state index contributed by atoms with van der Waals surface area (Å²) in [6.45, 7) is 2.23. The van der Waals surface area contributed by atoms with E-state index in [-0.39, 0.29) is 19.1 Å². The highest BCUT2D eigenvalue weighted by Crippen LogP contribution is 2.34. The molecule has 11 nitrogen and oxygen atoms in total. The van der Waals surface area contributed by atoms with Gasteiger partial charge in [0.05, 0.1) is 19.3 Å². The number of hydrogen-bond donors (Lipinski definition) is 3. The van der Waals surface area contributed by atoms with Gasteiger partial charge in [-0.15, -0.1) is 0 Å². The monoisotopic (exact) mass is 520 g/mol. The highest BCUT2D eigenvalue weighted by Gasteiger charge is 2.50. The van der Waals surface area contributed by atoms with Gasteiger partial charge in [0.25, 0.3) is 0 Å². The lowest BCUT2D eigenvalue weighted by Crippen LogP contribution is -2.66. The van der Waals surface area contributed by atoms with E-state index >= 15 is 0 Å². The average molecular weight is 521 g/mol. The van der Waals surface area contributed by atoms with Crippen molar-refractivity contribution in [3.8, 4) is 0 Å². The Balaban J connectivity index is 1.36. The van der Waals surface area contributed by atoms with E-state index in [9.17, 15) is 15.0 Å². The van der Waals surface area contributed by atoms with E-state index in [1.807, 2.05) is 30.3 Å². The molecule has 1 aromatic rings. The van der Waals surface area contributed by atoms with Crippen LogP contribution in [0.4, 0.5) is 0 Å². The van der Waals surface area contributed by atoms with Gasteiger partial charge < -0.3 is 34.5 Å². The number of fused-ring (bicyclic) bond motifs is 1. The van der Waals surface area contributed by atoms with Crippen LogP contribution in [0.2, 0.25) is 0 Å². The maximum atomic E-state index is 11.8. The fourth-order valence-electron chi connectivity index (χ4n) is 4.69. The molecule has 7 atom stereocenters. The maximum Gasteiger partial charge on any atom is 0.217 e. The number of aliphatic hydroxyl groups excluding tert-OH is 2. The summed E-state index contributed by atoms with van der Waals surface area (Å²) in [4.78, 5) is 14.5. The number of carbonyl (C=O) groups is 1. The minimum absolute atomic E-state index is 0.136. The van der Waals surface area contributed by atoms with E-state index in [1.54, 1.807) is 0 Å². The number of rotatable bonds is 15. The molecule has 0 unspecified atom stereocenters. The summed E-state index contributed by atoms with van der Waals surface area (Å²) < 4.78 is 23.9. The Hall–Kier alpha value is -2.24. The van der Waals surface area contributed by atoms with E-state index < -0.39 is 43.0 Å². The lowest BCUT2D eigenvalue weighted by molar-refractivity contribution is -0.344. The van der Waals surface area contributed by atoms with Crippen LogP contribution >= 0.6 is 0 Å². The molecule has 2 aliphatic heterocycles. The highest BCUT2D eigenvalue weighted by atomic mass is 16.7. The molecule has 2 aliphatic rings. The number of hydrogen-bond acceptors (Lipinski definition) is 8. The summed E-state index contributed by atoms with van der Waals surface area (Å²) in [7, 11) is 0. The number of carbonyl (C=O) groups excluding carboxylic acids is 1. The summed E-state index contributed by atoms with van der Waals surface area (Å²) in [5, 5.41) is 26.9. The van der Waals surface area contributed by atoms with Gasteiger partial charge in [-0.05, 0) is 18.4 Å². The van der Waals surface area contributed by atoms with Crippen LogP contribution in [0.5, 0.6) is 0 Å². The van der Waals surface area contributed by atoms with Crippen molar-refractivity contribution in [3.63, 3.8) is 0 Å². The number of aliphatic hydroxyl groups is 2. The van der Waals surface area contributed by atoms with E-state index in [1.165, 1.54) is 6.92 Å². The topological polar surface area (TPSA) is 155 Å². The van der Waals surface area contributed by atoms with Crippen molar-refractivity contribution < 1.29 is 34.0 Å². The van der Waals surface area contributed by atoms with Crippen LogP contribution in [-0.4, -0.2) is 72.6 Å². The third-order valence-corrected chi connectivity index (χ3v) is 6.63. The van der Waals surface area contributed by atoms with E-state index in [2.05, 4.69) is 15.3 Å². The maximum absolute atomic E-state index is 11.8. The van der Waals surface area contributed by atoms with Crippen LogP contribution in [0.3, 0.4) is 0 Å². The van der Waals surface area contributed by atoms with E-state index in [0.717, 1.165) is 50.5 Å². The quantitative estimate of drug-likeness (QED) is 0.138. The van der Waals surface area contributed by atoms with Crippen molar-refractivity contribution in [2.24, 2.45) is 5.11 Å². The number of nitrogens with zero attached hydrogens (tertiary/aromatic N) is 3. The van der Waals surface area contributed by atoms with Gasteiger partial charge in [-0.25, -0.2) is 0 Å². The Bertz CT molecular complexity index is 855. The Kier molecular flexibility index (Phi) is 12.6. The lowest BCUT2D eigenvalue weighted by Gasteiger charge is -2.47. The minimum atomic E-state index is -1.01. The normalized spacial score (nSPS) is 28.1. The van der Waals surface area contributed by atoms with Crippen molar-refractivity contribution >= 4 is 5.91 Å². The zero-order valence-corrected chi connectivity index (χ0v) is 21.5. The molecular weight excluding hydrogens is 480 g/mol. The summed E-state index contributed by atoms with van der Waals surface area (Å²) >= 11 is 0. The molecule has 1 aromatic carbocycles. The van der Waals surface area contributed by atoms with Gasteiger partial charge in [0, 0.05) is 24.0 Å². The van der Waals surface area contributed by atoms with Gasteiger partial charge in [-0.2, -0.15) is 0 Å². The van der Waals surface area contributed by atoms with Gasteiger partial charge in [-0.3, -0.25) is 4.79 Å². The Morgan fingerprint density at radius 3 is 2.57 bits per heavy atom. The number of azide groups is 1. The second-order valence-corrected chi connectivity index (χ2v) is 9.64. The van der Waals surface area contributed by atoms with Gasteiger partial charge in [0.1, 0.15) is 24.4 Å². The fourth-order valence-corrected chi connectivity index (χ4v) is 4.69. The van der Waals surface area contributed by atoms with Crippen molar-refractivity contribution in [1.29, 1.82) is 0 Å². The molecule has 206 valence electrons. The fraction of sp³-hybridized carbons (Fsp3) is 0.731. The van der Waals surface area contributed by atoms with Gasteiger partial charge in [0.15, 0.2) is 12.6 Å². The molecule has 0 spiro atoms. The van der Waals surface area contributed by atoms with E-state index in [4.69, 9.17) is 24.5 Å². The van der Waals surface area contributed by atoms with Gasteiger partial charge in [-0.1, -0.05) is 74.0 Å². The SMILES string of the molecule is CC(=O)N[C@H]1[C@H](OCCCCCCCCC[C@H](O)CN=[N+]=[N-])O[C@@H]2CO[C@@H](c3ccccc3)O[C@H]2[C@@H]1O. The lowest BCUT2D eigenvalue weighted by atomic mass is 9.95. The van der Waals surface area contributed by atoms with Crippen LogP contribution in [0.1, 0.15) is 70.1 Å². The summed E-state index contributed by atoms with van der Waals surface area (Å²) in [6, 6.07) is 8.76. The molecule has 3 rings (SSSR count). The number of benzene rings is 1. The molecule has 2 saturated heterocycles. The first-order valence-electron chi connectivity index (χ1n) is 13.2. The summed E-state index contributed by atoms with van der Waals surface area (Å²) in [6.07, 6.45) is 3.57. The molecule has 3 N–H and O–H groups in total. The van der Waals surface area contributed by atoms with Crippen molar-refractivity contribution in [2.45, 2.75) is 101 Å². The average Bonchev–Trinajstić information content (AvgIpc) is 2.90. The largest absolute Gasteiger partial charge is 0.393 e. The molecule has 0 aliphatic carbocycles. The molecule has 0 aromatic heterocycles. The molecule has 0 radical (unpaired) electrons. The first kappa shape index (κ1) is 29.3. The molecule has 2 fully saturated rings. The van der Waals surface area contributed by atoms with Gasteiger partial charge >= 0.3 is 0 Å². The highest BCUT2D eigenvalue weighted by molar-refractivity contribution is 5.73. The second kappa shape index (κ2) is 15.9. The van der Waals surface area contributed by atoms with Gasteiger partial charge in [0.2, 0.25) is 5.91 Å². The Morgan fingerprint density at radius 2 is 1.86 bits per heavy atom. The zero-order valence-electron chi connectivity index (χ0n) is 21.5. The van der Waals surface area contributed by atoms with Crippen molar-refractivity contribution in [2.75, 3.05) is 19.8 Å². The predicted molar refractivity (Wildman–Crippen MR) is 135 cm³/mol. The molecule has 11 heteroatoms. The Labute approximate surface area is 218 Å². The van der Waals surface area contributed by atoms with Crippen molar-refractivity contribution in [3.05, 3.63) is 46.3 Å². The smallest absolute Gasteiger partial charge is 0.217 e. The molecule has 37 heavy (non-hydrogen) atoms. The number of amides is 1. The van der Waals surface area contributed by atoms with Crippen molar-refractivity contribution in [1.82, 2.24) is 5.32 Å². The molecule has 0 saturated carbocycles. The van der Waals surface area contributed by atoms with Crippen LogP contribution < -0.4 is 5.32 Å². The third kappa shape index (κ3) is 9.54. The minimum Gasteiger partial charge on any atom is -0.393 e. The second-order valence-electron chi connectivity index (χ2n) is 9.64. The summed E-state index contributed by atoms with van der Waals surface area (Å²) in [5.41, 5.74) is 9.12. The molecule has 1 amide bonds. The first-order chi connectivity index (χ1) is 18.0. The number of nitrogens with one attached hydrogen (secondary N) is 1. The third-order valence-electron chi connectivity index (χ3n) is 6.63. The predicted octanol–water partition coefficient (Wildman–Crippen LogP) is 3.50. The number of ether oxygens (including phenoxy) is 4. The zero-order chi connectivity index (χ0) is 26.5. The number of unbranched alkanes of at least 4 members (excludes halogenated alkanes) is 6. The summed E-state index contributed by atoms with van der Waals surface area (Å²) in [5.74, 6) is -0.281. The van der Waals surface area contributed by atoms with Crippen LogP contribution in [0.25, 0.3) is 10.4 Å². The first-order valence-corrected chi connectivity index (χ1v) is 13.2. The molecule has 2 heterocycles. The molecule has 0 bridgehead atoms. The van der Waals surface area contributed by atoms with Crippen LogP contribution in [0.15, 0.2) is 35.4 Å².